The normalized spacial score (nSPS) is 10.4. The molecule has 1 amide bonds. The zero-order valence-corrected chi connectivity index (χ0v) is 13.9. The van der Waals surface area contributed by atoms with Gasteiger partial charge in [0.1, 0.15) is 0 Å². The van der Waals surface area contributed by atoms with Gasteiger partial charge in [0.25, 0.3) is 5.91 Å². The molecule has 4 heteroatoms. The van der Waals surface area contributed by atoms with E-state index in [9.17, 15) is 4.79 Å². The van der Waals surface area contributed by atoms with Crippen LogP contribution in [0.2, 0.25) is 5.02 Å². The summed E-state index contributed by atoms with van der Waals surface area (Å²) in [6.07, 6.45) is 0. The molecule has 0 heterocycles. The van der Waals surface area contributed by atoms with Crippen LogP contribution in [0.1, 0.15) is 27.0 Å². The van der Waals surface area contributed by atoms with Crippen LogP contribution < -0.4 is 5.32 Å². The van der Waals surface area contributed by atoms with E-state index in [0.717, 1.165) is 15.6 Å². The number of benzene rings is 2. The molecular weight excluding hydrogens is 338 g/mol. The molecule has 20 heavy (non-hydrogen) atoms. The van der Waals surface area contributed by atoms with E-state index in [1.165, 1.54) is 5.56 Å². The molecule has 0 aliphatic carbocycles. The summed E-state index contributed by atoms with van der Waals surface area (Å²) in [7, 11) is 0. The number of aryl methyl sites for hydroxylation is 3. The first-order valence-electron chi connectivity index (χ1n) is 6.22. The summed E-state index contributed by atoms with van der Waals surface area (Å²) in [5.41, 5.74) is 4.63. The molecule has 0 bridgehead atoms. The van der Waals surface area contributed by atoms with Gasteiger partial charge in [-0.2, -0.15) is 0 Å². The number of hydrogen-bond acceptors (Lipinski definition) is 1. The first-order chi connectivity index (χ1) is 9.38. The molecule has 0 radical (unpaired) electrons. The van der Waals surface area contributed by atoms with Crippen molar-refractivity contribution in [2.24, 2.45) is 0 Å². The van der Waals surface area contributed by atoms with Gasteiger partial charge in [-0.3, -0.25) is 4.79 Å². The van der Waals surface area contributed by atoms with Gasteiger partial charge in [0.2, 0.25) is 0 Å². The Hall–Kier alpha value is -1.32. The highest BCUT2D eigenvalue weighted by Gasteiger charge is 2.11. The topological polar surface area (TPSA) is 29.1 Å². The Morgan fingerprint density at radius 3 is 2.35 bits per heavy atom. The van der Waals surface area contributed by atoms with Crippen LogP contribution in [0.25, 0.3) is 0 Å². The Labute approximate surface area is 132 Å². The number of nitrogens with one attached hydrogen (secondary N) is 1. The number of hydrogen-bond donors (Lipinski definition) is 1. The van der Waals surface area contributed by atoms with E-state index in [4.69, 9.17) is 11.6 Å². The molecule has 0 atom stereocenters. The number of carbonyl (C=O) groups excluding carboxylic acids is 1. The summed E-state index contributed by atoms with van der Waals surface area (Å²) < 4.78 is 0.805. The highest BCUT2D eigenvalue weighted by atomic mass is 79.9. The molecular formula is C16H15BrClNO. The summed E-state index contributed by atoms with van der Waals surface area (Å²) in [5.74, 6) is -0.121. The second kappa shape index (κ2) is 5.98. The first-order valence-corrected chi connectivity index (χ1v) is 7.40. The van der Waals surface area contributed by atoms with Crippen LogP contribution in [0, 0.1) is 20.8 Å². The van der Waals surface area contributed by atoms with E-state index in [0.29, 0.717) is 16.3 Å². The van der Waals surface area contributed by atoms with Crippen LogP contribution in [0.15, 0.2) is 34.8 Å². The van der Waals surface area contributed by atoms with Crippen molar-refractivity contribution < 1.29 is 4.79 Å². The standard InChI is InChI=1S/C16H15BrClNO/c1-9-6-11(3)13(7-10(9)2)16(20)19-12-4-5-14(17)15(18)8-12/h4-8H,1-3H3,(H,19,20). The van der Waals surface area contributed by atoms with Gasteiger partial charge in [-0.25, -0.2) is 0 Å². The molecule has 1 N–H and O–H groups in total. The lowest BCUT2D eigenvalue weighted by Gasteiger charge is -2.11. The molecule has 2 aromatic carbocycles. The summed E-state index contributed by atoms with van der Waals surface area (Å²) in [5, 5.41) is 3.44. The molecule has 2 nitrogen and oxygen atoms in total. The zero-order chi connectivity index (χ0) is 14.9. The second-order valence-corrected chi connectivity index (χ2v) is 6.10. The minimum atomic E-state index is -0.121. The Balaban J connectivity index is 2.28. The average Bonchev–Trinajstić information content (AvgIpc) is 2.38. The third-order valence-corrected chi connectivity index (χ3v) is 4.50. The van der Waals surface area contributed by atoms with Gasteiger partial charge >= 0.3 is 0 Å². The Kier molecular flexibility index (Phi) is 4.51. The van der Waals surface area contributed by atoms with Gasteiger partial charge in [-0.05, 0) is 77.7 Å². The number of halogens is 2. The van der Waals surface area contributed by atoms with Crippen molar-refractivity contribution in [2.45, 2.75) is 20.8 Å². The Morgan fingerprint density at radius 1 is 1.05 bits per heavy atom. The van der Waals surface area contributed by atoms with Gasteiger partial charge in [0, 0.05) is 15.7 Å². The van der Waals surface area contributed by atoms with Crippen LogP contribution in [0.3, 0.4) is 0 Å². The van der Waals surface area contributed by atoms with Crippen molar-refractivity contribution >= 4 is 39.1 Å². The minimum absolute atomic E-state index is 0.121. The largest absolute Gasteiger partial charge is 0.322 e. The predicted octanol–water partition coefficient (Wildman–Crippen LogP) is 5.28. The fraction of sp³-hybridized carbons (Fsp3) is 0.188. The van der Waals surface area contributed by atoms with Crippen molar-refractivity contribution in [3.05, 3.63) is 62.1 Å². The molecule has 0 aromatic heterocycles. The fourth-order valence-electron chi connectivity index (χ4n) is 1.98. The van der Waals surface area contributed by atoms with E-state index in [-0.39, 0.29) is 5.91 Å². The van der Waals surface area contributed by atoms with Gasteiger partial charge in [-0.1, -0.05) is 17.7 Å². The first kappa shape index (κ1) is 15.1. The van der Waals surface area contributed by atoms with Crippen LogP contribution in [0.4, 0.5) is 5.69 Å². The lowest BCUT2D eigenvalue weighted by atomic mass is 10.0. The SMILES string of the molecule is Cc1cc(C)c(C(=O)Nc2ccc(Br)c(Cl)c2)cc1C. The van der Waals surface area contributed by atoms with E-state index in [2.05, 4.69) is 21.2 Å². The summed E-state index contributed by atoms with van der Waals surface area (Å²) in [4.78, 5) is 12.3. The van der Waals surface area contributed by atoms with Gasteiger partial charge < -0.3 is 5.32 Å². The van der Waals surface area contributed by atoms with Crippen molar-refractivity contribution in [1.82, 2.24) is 0 Å². The summed E-state index contributed by atoms with van der Waals surface area (Å²) >= 11 is 9.35. The lowest BCUT2D eigenvalue weighted by Crippen LogP contribution is -2.14. The monoisotopic (exact) mass is 351 g/mol. The Morgan fingerprint density at radius 2 is 1.70 bits per heavy atom. The molecule has 2 rings (SSSR count). The smallest absolute Gasteiger partial charge is 0.255 e. The third-order valence-electron chi connectivity index (χ3n) is 3.26. The maximum absolute atomic E-state index is 12.3. The number of carbonyl (C=O) groups is 1. The average molecular weight is 353 g/mol. The summed E-state index contributed by atoms with van der Waals surface area (Å²) in [6, 6.07) is 9.29. The van der Waals surface area contributed by atoms with E-state index in [1.807, 2.05) is 45.0 Å². The molecule has 0 fully saturated rings. The quantitative estimate of drug-likeness (QED) is 0.782. The zero-order valence-electron chi connectivity index (χ0n) is 11.6. The van der Waals surface area contributed by atoms with Crippen molar-refractivity contribution in [3.8, 4) is 0 Å². The molecule has 2 aromatic rings. The van der Waals surface area contributed by atoms with E-state index in [1.54, 1.807) is 6.07 Å². The van der Waals surface area contributed by atoms with Crippen molar-refractivity contribution in [3.63, 3.8) is 0 Å². The number of anilines is 1. The lowest BCUT2D eigenvalue weighted by molar-refractivity contribution is 0.102. The maximum atomic E-state index is 12.3. The molecule has 104 valence electrons. The van der Waals surface area contributed by atoms with Crippen LogP contribution >= 0.6 is 27.5 Å². The second-order valence-electron chi connectivity index (χ2n) is 4.83. The maximum Gasteiger partial charge on any atom is 0.255 e. The highest BCUT2D eigenvalue weighted by molar-refractivity contribution is 9.10. The molecule has 0 saturated heterocycles. The summed E-state index contributed by atoms with van der Waals surface area (Å²) in [6.45, 7) is 5.98. The number of amides is 1. The van der Waals surface area contributed by atoms with E-state index < -0.39 is 0 Å². The van der Waals surface area contributed by atoms with Gasteiger partial charge in [0.05, 0.1) is 5.02 Å². The van der Waals surface area contributed by atoms with Gasteiger partial charge in [-0.15, -0.1) is 0 Å². The highest BCUT2D eigenvalue weighted by Crippen LogP contribution is 2.26. The van der Waals surface area contributed by atoms with Crippen LogP contribution in [-0.4, -0.2) is 5.91 Å². The van der Waals surface area contributed by atoms with Crippen molar-refractivity contribution in [1.29, 1.82) is 0 Å². The molecule has 0 aliphatic rings. The van der Waals surface area contributed by atoms with Crippen LogP contribution in [0.5, 0.6) is 0 Å². The minimum Gasteiger partial charge on any atom is -0.322 e. The molecule has 0 aliphatic heterocycles. The molecule has 0 spiro atoms. The van der Waals surface area contributed by atoms with Crippen molar-refractivity contribution in [2.75, 3.05) is 5.32 Å². The predicted molar refractivity (Wildman–Crippen MR) is 87.8 cm³/mol. The third kappa shape index (κ3) is 3.22. The molecule has 0 unspecified atom stereocenters. The number of rotatable bonds is 2. The molecule has 0 saturated carbocycles. The fourth-order valence-corrected chi connectivity index (χ4v) is 2.40. The van der Waals surface area contributed by atoms with Crippen LogP contribution in [-0.2, 0) is 0 Å². The van der Waals surface area contributed by atoms with E-state index >= 15 is 0 Å². The van der Waals surface area contributed by atoms with Gasteiger partial charge in [0.15, 0.2) is 0 Å². The Bertz CT molecular complexity index is 682.